The van der Waals surface area contributed by atoms with E-state index in [2.05, 4.69) is 5.32 Å². The molecule has 0 aromatic heterocycles. The minimum atomic E-state index is -1.05. The van der Waals surface area contributed by atoms with Gasteiger partial charge in [-0.05, 0) is 6.07 Å². The van der Waals surface area contributed by atoms with Crippen LogP contribution in [0, 0.1) is 11.6 Å². The molecule has 0 fully saturated rings. The van der Waals surface area contributed by atoms with E-state index in [9.17, 15) is 8.78 Å². The zero-order chi connectivity index (χ0) is 12.3. The lowest BCUT2D eigenvalue weighted by molar-refractivity contribution is 0.105. The summed E-state index contributed by atoms with van der Waals surface area (Å²) in [6.45, 7) is -0.580. The van der Waals surface area contributed by atoms with E-state index in [1.165, 1.54) is 0 Å². The van der Waals surface area contributed by atoms with Gasteiger partial charge in [0.2, 0.25) is 0 Å². The maximum Gasteiger partial charge on any atom is 0.167 e. The number of aliphatic hydroxyl groups excluding tert-OH is 2. The van der Waals surface area contributed by atoms with E-state index in [4.69, 9.17) is 33.4 Å². The smallest absolute Gasteiger partial charge is 0.167 e. The normalized spacial score (nSPS) is 12.6. The highest BCUT2D eigenvalue weighted by molar-refractivity contribution is 6.35. The summed E-state index contributed by atoms with van der Waals surface area (Å²) in [4.78, 5) is 0. The fraction of sp³-hybridized carbons (Fsp3) is 0.333. The summed E-state index contributed by atoms with van der Waals surface area (Å²) in [5.74, 6) is -2.03. The Hall–Kier alpha value is -0.620. The molecule has 16 heavy (non-hydrogen) atoms. The van der Waals surface area contributed by atoms with Crippen LogP contribution in [0.4, 0.5) is 14.5 Å². The van der Waals surface area contributed by atoms with Crippen LogP contribution >= 0.6 is 23.2 Å². The van der Waals surface area contributed by atoms with Gasteiger partial charge >= 0.3 is 0 Å². The number of anilines is 1. The Kier molecular flexibility index (Phi) is 4.73. The van der Waals surface area contributed by atoms with Gasteiger partial charge < -0.3 is 15.5 Å². The molecular weight excluding hydrogens is 263 g/mol. The zero-order valence-electron chi connectivity index (χ0n) is 7.98. The maximum absolute atomic E-state index is 13.4. The third-order valence-corrected chi connectivity index (χ3v) is 2.45. The lowest BCUT2D eigenvalue weighted by Crippen LogP contribution is -2.23. The first-order valence-corrected chi connectivity index (χ1v) is 5.08. The first kappa shape index (κ1) is 13.4. The Bertz CT molecular complexity index is 390. The van der Waals surface area contributed by atoms with Crippen LogP contribution in [0.2, 0.25) is 10.0 Å². The predicted molar refractivity (Wildman–Crippen MR) is 58.0 cm³/mol. The van der Waals surface area contributed by atoms with Gasteiger partial charge in [-0.15, -0.1) is 0 Å². The summed E-state index contributed by atoms with van der Waals surface area (Å²) in [5, 5.41) is 19.0. The quantitative estimate of drug-likeness (QED) is 0.580. The molecule has 0 amide bonds. The van der Waals surface area contributed by atoms with Crippen molar-refractivity contribution < 1.29 is 19.0 Å². The second-order valence-corrected chi connectivity index (χ2v) is 3.85. The Balaban J connectivity index is 2.89. The molecule has 0 aliphatic carbocycles. The van der Waals surface area contributed by atoms with Crippen molar-refractivity contribution in [3.8, 4) is 0 Å². The molecular formula is C9H9Cl2F2NO2. The zero-order valence-corrected chi connectivity index (χ0v) is 9.49. The molecule has 0 aliphatic heterocycles. The minimum absolute atomic E-state index is 0.105. The first-order valence-electron chi connectivity index (χ1n) is 4.33. The van der Waals surface area contributed by atoms with Crippen LogP contribution < -0.4 is 5.32 Å². The third-order valence-electron chi connectivity index (χ3n) is 1.84. The molecule has 0 heterocycles. The van der Waals surface area contributed by atoms with E-state index in [0.717, 1.165) is 6.07 Å². The molecule has 1 unspecified atom stereocenters. The molecule has 1 aromatic rings. The molecule has 0 radical (unpaired) electrons. The summed E-state index contributed by atoms with van der Waals surface area (Å²) in [6, 6.07) is 1.02. The van der Waals surface area contributed by atoms with Crippen LogP contribution in [0.25, 0.3) is 0 Å². The highest BCUT2D eigenvalue weighted by Gasteiger charge is 2.16. The number of rotatable bonds is 4. The first-order chi connectivity index (χ1) is 7.47. The molecule has 0 saturated carbocycles. The summed E-state index contributed by atoms with van der Waals surface area (Å²) < 4.78 is 26.4. The van der Waals surface area contributed by atoms with Crippen molar-refractivity contribution >= 4 is 28.9 Å². The molecule has 7 heteroatoms. The van der Waals surface area contributed by atoms with E-state index >= 15 is 0 Å². The molecule has 0 aliphatic rings. The second kappa shape index (κ2) is 5.63. The van der Waals surface area contributed by atoms with Gasteiger partial charge in [0.15, 0.2) is 11.6 Å². The fourth-order valence-corrected chi connectivity index (χ4v) is 1.45. The van der Waals surface area contributed by atoms with Gasteiger partial charge in [0.25, 0.3) is 0 Å². The van der Waals surface area contributed by atoms with Crippen LogP contribution in [0.5, 0.6) is 0 Å². The SMILES string of the molecule is OCC(O)CNc1cc(Cl)c(F)c(Cl)c1F. The molecule has 0 spiro atoms. The van der Waals surface area contributed by atoms with Crippen molar-refractivity contribution in [2.24, 2.45) is 0 Å². The number of nitrogens with one attached hydrogen (secondary N) is 1. The summed E-state index contributed by atoms with van der Waals surface area (Å²) in [5.41, 5.74) is -0.135. The van der Waals surface area contributed by atoms with Crippen molar-refractivity contribution in [2.45, 2.75) is 6.10 Å². The molecule has 3 N–H and O–H groups in total. The number of benzene rings is 1. The van der Waals surface area contributed by atoms with Crippen molar-refractivity contribution in [3.63, 3.8) is 0 Å². The highest BCUT2D eigenvalue weighted by atomic mass is 35.5. The molecule has 0 saturated heterocycles. The average Bonchev–Trinajstić information content (AvgIpc) is 2.28. The molecule has 90 valence electrons. The van der Waals surface area contributed by atoms with Gasteiger partial charge in [-0.25, -0.2) is 8.78 Å². The topological polar surface area (TPSA) is 52.5 Å². The number of halogens is 4. The Morgan fingerprint density at radius 3 is 2.50 bits per heavy atom. The van der Waals surface area contributed by atoms with E-state index in [1.54, 1.807) is 0 Å². The average molecular weight is 272 g/mol. The van der Waals surface area contributed by atoms with Gasteiger partial charge in [0.05, 0.1) is 23.4 Å². The lowest BCUT2D eigenvalue weighted by atomic mass is 10.2. The van der Waals surface area contributed by atoms with Crippen molar-refractivity contribution in [1.29, 1.82) is 0 Å². The number of aliphatic hydroxyl groups is 2. The van der Waals surface area contributed by atoms with Gasteiger partial charge in [0.1, 0.15) is 5.02 Å². The van der Waals surface area contributed by atoms with Crippen LogP contribution in [-0.4, -0.2) is 29.5 Å². The maximum atomic E-state index is 13.4. The Morgan fingerprint density at radius 2 is 1.94 bits per heavy atom. The van der Waals surface area contributed by atoms with Crippen LogP contribution in [0.3, 0.4) is 0 Å². The van der Waals surface area contributed by atoms with Crippen molar-refractivity contribution in [1.82, 2.24) is 0 Å². The van der Waals surface area contributed by atoms with Gasteiger partial charge in [-0.1, -0.05) is 23.2 Å². The van der Waals surface area contributed by atoms with Gasteiger partial charge in [0, 0.05) is 6.54 Å². The summed E-state index contributed by atoms with van der Waals surface area (Å²) >= 11 is 10.8. The Labute approximate surface area is 101 Å². The van der Waals surface area contributed by atoms with Gasteiger partial charge in [-0.2, -0.15) is 0 Å². The molecule has 1 aromatic carbocycles. The molecule has 3 nitrogen and oxygen atoms in total. The Morgan fingerprint density at radius 1 is 1.31 bits per heavy atom. The molecule has 1 atom stereocenters. The standard InChI is InChI=1S/C9H9Cl2F2NO2/c10-5-1-6(14-2-4(16)3-15)9(13)7(11)8(5)12/h1,4,14-16H,2-3H2. The molecule has 0 bridgehead atoms. The fourth-order valence-electron chi connectivity index (χ4n) is 0.994. The van der Waals surface area contributed by atoms with Crippen LogP contribution in [0.1, 0.15) is 0 Å². The van der Waals surface area contributed by atoms with Gasteiger partial charge in [-0.3, -0.25) is 0 Å². The van der Waals surface area contributed by atoms with E-state index in [1.807, 2.05) is 0 Å². The molecule has 1 rings (SSSR count). The van der Waals surface area contributed by atoms with Crippen molar-refractivity contribution in [2.75, 3.05) is 18.5 Å². The number of hydrogen-bond donors (Lipinski definition) is 3. The highest BCUT2D eigenvalue weighted by Crippen LogP contribution is 2.31. The van der Waals surface area contributed by atoms with Crippen LogP contribution in [0.15, 0.2) is 6.07 Å². The largest absolute Gasteiger partial charge is 0.394 e. The number of hydrogen-bond acceptors (Lipinski definition) is 3. The summed E-state index contributed by atoms with van der Waals surface area (Å²) in [7, 11) is 0. The minimum Gasteiger partial charge on any atom is -0.394 e. The van der Waals surface area contributed by atoms with E-state index in [-0.39, 0.29) is 17.3 Å². The third kappa shape index (κ3) is 2.95. The van der Waals surface area contributed by atoms with Crippen LogP contribution in [-0.2, 0) is 0 Å². The summed E-state index contributed by atoms with van der Waals surface area (Å²) in [6.07, 6.45) is -1.05. The predicted octanol–water partition coefficient (Wildman–Crippen LogP) is 2.04. The lowest BCUT2D eigenvalue weighted by Gasteiger charge is -2.12. The second-order valence-electron chi connectivity index (χ2n) is 3.07. The monoisotopic (exact) mass is 271 g/mol. The van der Waals surface area contributed by atoms with Crippen molar-refractivity contribution in [3.05, 3.63) is 27.7 Å². The van der Waals surface area contributed by atoms with E-state index in [0.29, 0.717) is 0 Å². The van der Waals surface area contributed by atoms with E-state index < -0.39 is 29.4 Å².